The lowest BCUT2D eigenvalue weighted by Gasteiger charge is -2.21. The maximum atomic E-state index is 13.2. The molecule has 0 aromatic carbocycles. The first-order valence-electron chi connectivity index (χ1n) is 10.9. The van der Waals surface area contributed by atoms with Crippen LogP contribution in [0.15, 0.2) is 5.38 Å². The summed E-state index contributed by atoms with van der Waals surface area (Å²) < 4.78 is 7.35. The van der Waals surface area contributed by atoms with Crippen molar-refractivity contribution in [3.63, 3.8) is 0 Å². The third kappa shape index (κ3) is 3.76. The predicted octanol–water partition coefficient (Wildman–Crippen LogP) is 1.57. The average Bonchev–Trinajstić information content (AvgIpc) is 3.49. The molecule has 160 valence electrons. The van der Waals surface area contributed by atoms with Gasteiger partial charge in [0.25, 0.3) is 5.91 Å². The van der Waals surface area contributed by atoms with E-state index in [-0.39, 0.29) is 17.7 Å². The molecule has 2 aliphatic heterocycles. The number of rotatable bonds is 4. The van der Waals surface area contributed by atoms with Gasteiger partial charge in [-0.3, -0.25) is 9.59 Å². The Kier molecular flexibility index (Phi) is 5.56. The molecule has 0 spiro atoms. The lowest BCUT2D eigenvalue weighted by Crippen LogP contribution is -2.34. The fourth-order valence-corrected chi connectivity index (χ4v) is 5.74. The third-order valence-electron chi connectivity index (χ3n) is 6.41. The molecule has 8 nitrogen and oxygen atoms in total. The number of aryl methyl sites for hydroxylation is 1. The largest absolute Gasteiger partial charge is 0.381 e. The van der Waals surface area contributed by atoms with E-state index >= 15 is 0 Å². The molecule has 3 aliphatic rings. The smallest absolute Gasteiger partial charge is 0.264 e. The van der Waals surface area contributed by atoms with E-state index in [0.717, 1.165) is 35.8 Å². The van der Waals surface area contributed by atoms with Gasteiger partial charge in [0.05, 0.1) is 23.9 Å². The molecular formula is C21H27N5O3S. The molecule has 0 radical (unpaired) electrons. The number of aromatic nitrogens is 3. The highest BCUT2D eigenvalue weighted by Crippen LogP contribution is 2.31. The van der Waals surface area contributed by atoms with Crippen LogP contribution in [0, 0.1) is 5.92 Å². The maximum absolute atomic E-state index is 13.2. The van der Waals surface area contributed by atoms with Crippen LogP contribution < -0.4 is 5.32 Å². The molecule has 5 rings (SSSR count). The molecular weight excluding hydrogens is 402 g/mol. The lowest BCUT2D eigenvalue weighted by molar-refractivity contribution is -0.125. The number of nitrogens with zero attached hydrogens (tertiary/aromatic N) is 4. The van der Waals surface area contributed by atoms with Crippen molar-refractivity contribution in [2.75, 3.05) is 26.3 Å². The summed E-state index contributed by atoms with van der Waals surface area (Å²) in [6.07, 6.45) is 5.97. The molecule has 1 saturated heterocycles. The molecule has 9 heteroatoms. The van der Waals surface area contributed by atoms with Crippen molar-refractivity contribution in [1.29, 1.82) is 0 Å². The SMILES string of the molecule is O=C(NCc1nnc2n1CCN(C(=O)c1scc3c1CCCC3)CC2)[C@@H]1CCOC1. The van der Waals surface area contributed by atoms with Crippen LogP contribution in [0.5, 0.6) is 0 Å². The second-order valence-electron chi connectivity index (χ2n) is 8.28. The Balaban J connectivity index is 1.24. The van der Waals surface area contributed by atoms with Crippen molar-refractivity contribution >= 4 is 23.2 Å². The summed E-state index contributed by atoms with van der Waals surface area (Å²) in [4.78, 5) is 28.4. The van der Waals surface area contributed by atoms with Crippen LogP contribution in [-0.4, -0.2) is 57.8 Å². The fourth-order valence-electron chi connectivity index (χ4n) is 4.61. The Morgan fingerprint density at radius 2 is 2.07 bits per heavy atom. The van der Waals surface area contributed by atoms with Crippen LogP contribution in [0.25, 0.3) is 0 Å². The summed E-state index contributed by atoms with van der Waals surface area (Å²) in [5, 5.41) is 13.7. The maximum Gasteiger partial charge on any atom is 0.264 e. The Hall–Kier alpha value is -2.26. The molecule has 1 fully saturated rings. The number of hydrogen-bond donors (Lipinski definition) is 1. The van der Waals surface area contributed by atoms with Gasteiger partial charge in [-0.1, -0.05) is 0 Å². The summed E-state index contributed by atoms with van der Waals surface area (Å²) >= 11 is 1.60. The standard InChI is InChI=1S/C21H27N5O3S/c27-20(14-6-10-29-12-14)22-11-18-24-23-17-5-7-25(8-9-26(17)18)21(28)19-16-4-2-1-3-15(16)13-30-19/h13-14H,1-12H2,(H,22,27)/t14-/m1/s1. The second-order valence-corrected chi connectivity index (χ2v) is 9.16. The van der Waals surface area contributed by atoms with E-state index in [1.54, 1.807) is 11.3 Å². The Morgan fingerprint density at radius 3 is 2.93 bits per heavy atom. The normalized spacial score (nSPS) is 21.1. The zero-order valence-corrected chi connectivity index (χ0v) is 17.9. The Morgan fingerprint density at radius 1 is 1.17 bits per heavy atom. The number of carbonyl (C=O) groups is 2. The van der Waals surface area contributed by atoms with Crippen LogP contribution in [0.2, 0.25) is 0 Å². The molecule has 1 aliphatic carbocycles. The fraction of sp³-hybridized carbons (Fsp3) is 0.619. The average molecular weight is 430 g/mol. The topological polar surface area (TPSA) is 89.4 Å². The minimum atomic E-state index is -0.0682. The Labute approximate surface area is 179 Å². The van der Waals surface area contributed by atoms with Crippen molar-refractivity contribution < 1.29 is 14.3 Å². The second kappa shape index (κ2) is 8.47. The zero-order valence-electron chi connectivity index (χ0n) is 17.1. The van der Waals surface area contributed by atoms with Crippen LogP contribution in [-0.2, 0) is 41.9 Å². The molecule has 0 saturated carbocycles. The van der Waals surface area contributed by atoms with Crippen molar-refractivity contribution in [1.82, 2.24) is 25.0 Å². The summed E-state index contributed by atoms with van der Waals surface area (Å²) in [5.74, 6) is 1.73. The highest BCUT2D eigenvalue weighted by molar-refractivity contribution is 7.12. The minimum absolute atomic E-state index is 0.0118. The van der Waals surface area contributed by atoms with E-state index < -0.39 is 0 Å². The van der Waals surface area contributed by atoms with Gasteiger partial charge in [0.15, 0.2) is 5.82 Å². The zero-order chi connectivity index (χ0) is 20.5. The van der Waals surface area contributed by atoms with Gasteiger partial charge in [-0.2, -0.15) is 0 Å². The number of hydrogen-bond acceptors (Lipinski definition) is 6. The number of thiophene rings is 1. The van der Waals surface area contributed by atoms with Gasteiger partial charge < -0.3 is 19.5 Å². The minimum Gasteiger partial charge on any atom is -0.381 e. The van der Waals surface area contributed by atoms with Gasteiger partial charge in [-0.25, -0.2) is 0 Å². The number of fused-ring (bicyclic) bond motifs is 2. The molecule has 2 aromatic heterocycles. The number of ether oxygens (including phenoxy) is 1. The molecule has 30 heavy (non-hydrogen) atoms. The first-order valence-corrected chi connectivity index (χ1v) is 11.7. The summed E-state index contributed by atoms with van der Waals surface area (Å²) in [6.45, 7) is 3.43. The monoisotopic (exact) mass is 429 g/mol. The third-order valence-corrected chi connectivity index (χ3v) is 7.47. The number of nitrogens with one attached hydrogen (secondary N) is 1. The highest BCUT2D eigenvalue weighted by Gasteiger charge is 2.28. The lowest BCUT2D eigenvalue weighted by atomic mass is 9.93. The van der Waals surface area contributed by atoms with Gasteiger partial charge in [0.1, 0.15) is 5.82 Å². The van der Waals surface area contributed by atoms with E-state index in [2.05, 4.69) is 25.5 Å². The van der Waals surface area contributed by atoms with Crippen LogP contribution >= 0.6 is 11.3 Å². The summed E-state index contributed by atoms with van der Waals surface area (Å²) in [7, 11) is 0. The quantitative estimate of drug-likeness (QED) is 0.797. The molecule has 1 N–H and O–H groups in total. The molecule has 0 unspecified atom stereocenters. The summed E-state index contributed by atoms with van der Waals surface area (Å²) in [6, 6.07) is 0. The van der Waals surface area contributed by atoms with Crippen molar-refractivity contribution in [2.24, 2.45) is 5.92 Å². The molecule has 0 bridgehead atoms. The van der Waals surface area contributed by atoms with E-state index in [0.29, 0.717) is 45.8 Å². The molecule has 2 aromatic rings. The van der Waals surface area contributed by atoms with Crippen LogP contribution in [0.1, 0.15) is 51.7 Å². The highest BCUT2D eigenvalue weighted by atomic mass is 32.1. The number of amides is 2. The van der Waals surface area contributed by atoms with Gasteiger partial charge in [0.2, 0.25) is 5.91 Å². The molecule has 2 amide bonds. The van der Waals surface area contributed by atoms with E-state index in [1.165, 1.54) is 24.0 Å². The predicted molar refractivity (Wildman–Crippen MR) is 111 cm³/mol. The van der Waals surface area contributed by atoms with Crippen molar-refractivity contribution in [2.45, 2.75) is 51.6 Å². The van der Waals surface area contributed by atoms with E-state index in [4.69, 9.17) is 4.74 Å². The first kappa shape index (κ1) is 19.7. The molecule has 4 heterocycles. The first-order chi connectivity index (χ1) is 14.7. The van der Waals surface area contributed by atoms with Crippen molar-refractivity contribution in [3.05, 3.63) is 33.0 Å². The number of carbonyl (C=O) groups excluding carboxylic acids is 2. The van der Waals surface area contributed by atoms with Crippen LogP contribution in [0.4, 0.5) is 0 Å². The van der Waals surface area contributed by atoms with Gasteiger partial charge >= 0.3 is 0 Å². The van der Waals surface area contributed by atoms with Crippen molar-refractivity contribution in [3.8, 4) is 0 Å². The van der Waals surface area contributed by atoms with Gasteiger partial charge in [0, 0.05) is 32.7 Å². The van der Waals surface area contributed by atoms with Gasteiger partial charge in [-0.15, -0.1) is 21.5 Å². The van der Waals surface area contributed by atoms with Gasteiger partial charge in [-0.05, 0) is 48.6 Å². The van der Waals surface area contributed by atoms with E-state index in [9.17, 15) is 9.59 Å². The van der Waals surface area contributed by atoms with E-state index in [1.807, 2.05) is 4.90 Å². The Bertz CT molecular complexity index is 947. The van der Waals surface area contributed by atoms with Crippen LogP contribution in [0.3, 0.4) is 0 Å². The summed E-state index contributed by atoms with van der Waals surface area (Å²) in [5.41, 5.74) is 2.64. The molecule has 1 atom stereocenters.